The summed E-state index contributed by atoms with van der Waals surface area (Å²) in [5.74, 6) is 0.246. The molecule has 6 heteroatoms. The zero-order valence-electron chi connectivity index (χ0n) is 8.77. The summed E-state index contributed by atoms with van der Waals surface area (Å²) in [6.45, 7) is 2.99. The second-order valence-electron chi connectivity index (χ2n) is 3.69. The lowest BCUT2D eigenvalue weighted by Gasteiger charge is -2.13. The smallest absolute Gasteiger partial charge is 0.249 e. The molecule has 1 amide bonds. The molecule has 15 heavy (non-hydrogen) atoms. The Labute approximate surface area is 88.5 Å². The van der Waals surface area contributed by atoms with Crippen LogP contribution in [0.1, 0.15) is 19.8 Å². The third kappa shape index (κ3) is 3.39. The van der Waals surface area contributed by atoms with E-state index in [2.05, 4.69) is 10.5 Å². The van der Waals surface area contributed by atoms with Crippen LogP contribution in [0.2, 0.25) is 0 Å². The number of hydrogen-bond donors (Lipinski definition) is 3. The minimum Gasteiger partial charge on any atom is -0.409 e. The van der Waals surface area contributed by atoms with E-state index in [0.717, 1.165) is 6.42 Å². The number of carbonyl (C=O) groups is 1. The van der Waals surface area contributed by atoms with Gasteiger partial charge in [0.2, 0.25) is 5.91 Å². The van der Waals surface area contributed by atoms with Gasteiger partial charge < -0.3 is 21.0 Å². The quantitative estimate of drug-likeness (QED) is 0.259. The molecule has 86 valence electrons. The maximum absolute atomic E-state index is 11.5. The molecule has 1 heterocycles. The van der Waals surface area contributed by atoms with Crippen molar-refractivity contribution in [2.45, 2.75) is 25.9 Å². The average Bonchev–Trinajstić information content (AvgIpc) is 2.64. The van der Waals surface area contributed by atoms with E-state index in [1.807, 2.05) is 6.92 Å². The zero-order valence-corrected chi connectivity index (χ0v) is 8.77. The Morgan fingerprint density at radius 2 is 2.47 bits per heavy atom. The van der Waals surface area contributed by atoms with Crippen molar-refractivity contribution in [2.24, 2.45) is 16.8 Å². The molecule has 0 aliphatic carbocycles. The molecule has 2 atom stereocenters. The van der Waals surface area contributed by atoms with E-state index < -0.39 is 0 Å². The van der Waals surface area contributed by atoms with Gasteiger partial charge in [0, 0.05) is 19.6 Å². The highest BCUT2D eigenvalue weighted by atomic mass is 16.5. The Morgan fingerprint density at radius 1 is 1.73 bits per heavy atom. The fraction of sp³-hybridized carbons (Fsp3) is 0.778. The van der Waals surface area contributed by atoms with Crippen LogP contribution in [0.5, 0.6) is 0 Å². The fourth-order valence-electron chi connectivity index (χ4n) is 1.50. The summed E-state index contributed by atoms with van der Waals surface area (Å²) in [4.78, 5) is 11.5. The molecule has 1 saturated heterocycles. The summed E-state index contributed by atoms with van der Waals surface area (Å²) in [5, 5.41) is 13.8. The third-order valence-corrected chi connectivity index (χ3v) is 2.45. The van der Waals surface area contributed by atoms with Crippen LogP contribution in [0.4, 0.5) is 0 Å². The van der Waals surface area contributed by atoms with Crippen LogP contribution < -0.4 is 11.1 Å². The van der Waals surface area contributed by atoms with Gasteiger partial charge in [0.1, 0.15) is 11.9 Å². The summed E-state index contributed by atoms with van der Waals surface area (Å²) in [6, 6.07) is 0. The van der Waals surface area contributed by atoms with E-state index in [1.165, 1.54) is 0 Å². The number of amides is 1. The maximum atomic E-state index is 11.5. The molecule has 0 saturated carbocycles. The Bertz CT molecular complexity index is 255. The predicted octanol–water partition coefficient (Wildman–Crippen LogP) is -0.336. The number of rotatable bonds is 4. The van der Waals surface area contributed by atoms with Gasteiger partial charge in [-0.05, 0) is 12.3 Å². The molecule has 4 N–H and O–H groups in total. The first-order valence-corrected chi connectivity index (χ1v) is 5.01. The number of amidine groups is 1. The highest BCUT2D eigenvalue weighted by Crippen LogP contribution is 2.19. The summed E-state index contributed by atoms with van der Waals surface area (Å²) in [6.07, 6.45) is 0.902. The highest BCUT2D eigenvalue weighted by molar-refractivity contribution is 5.83. The highest BCUT2D eigenvalue weighted by Gasteiger charge is 2.30. The first kappa shape index (κ1) is 11.8. The van der Waals surface area contributed by atoms with Crippen molar-refractivity contribution in [1.29, 1.82) is 0 Å². The van der Waals surface area contributed by atoms with Crippen LogP contribution in [-0.2, 0) is 9.53 Å². The van der Waals surface area contributed by atoms with Gasteiger partial charge in [-0.2, -0.15) is 0 Å². The number of nitrogens with one attached hydrogen (secondary N) is 1. The van der Waals surface area contributed by atoms with E-state index in [0.29, 0.717) is 19.6 Å². The normalized spacial score (nSPS) is 26.6. The van der Waals surface area contributed by atoms with Gasteiger partial charge in [0.05, 0.1) is 0 Å². The molecular formula is C9H17N3O3. The SMILES string of the molecule is CC1CCOC1C(=O)NCCC(N)=NO. The molecule has 0 aromatic rings. The Hall–Kier alpha value is -1.30. The molecule has 0 radical (unpaired) electrons. The van der Waals surface area contributed by atoms with Gasteiger partial charge in [0.25, 0.3) is 0 Å². The van der Waals surface area contributed by atoms with Crippen LogP contribution in [0.3, 0.4) is 0 Å². The molecule has 0 bridgehead atoms. The lowest BCUT2D eigenvalue weighted by Crippen LogP contribution is -2.38. The molecule has 1 aliphatic rings. The third-order valence-electron chi connectivity index (χ3n) is 2.45. The van der Waals surface area contributed by atoms with E-state index in [-0.39, 0.29) is 23.8 Å². The lowest BCUT2D eigenvalue weighted by molar-refractivity contribution is -0.131. The number of carbonyl (C=O) groups excluding carboxylic acids is 1. The van der Waals surface area contributed by atoms with Crippen LogP contribution >= 0.6 is 0 Å². The lowest BCUT2D eigenvalue weighted by atomic mass is 10.0. The first-order chi connectivity index (χ1) is 7.15. The Balaban J connectivity index is 2.24. The Morgan fingerprint density at radius 3 is 3.00 bits per heavy atom. The van der Waals surface area contributed by atoms with Crippen molar-refractivity contribution in [2.75, 3.05) is 13.2 Å². The van der Waals surface area contributed by atoms with Gasteiger partial charge in [0.15, 0.2) is 0 Å². The molecule has 1 rings (SSSR count). The van der Waals surface area contributed by atoms with Crippen LogP contribution in [0.25, 0.3) is 0 Å². The van der Waals surface area contributed by atoms with E-state index >= 15 is 0 Å². The molecule has 0 spiro atoms. The minimum atomic E-state index is -0.350. The number of hydrogen-bond acceptors (Lipinski definition) is 4. The maximum Gasteiger partial charge on any atom is 0.249 e. The summed E-state index contributed by atoms with van der Waals surface area (Å²) in [7, 11) is 0. The zero-order chi connectivity index (χ0) is 11.3. The van der Waals surface area contributed by atoms with Crippen LogP contribution in [-0.4, -0.2) is 36.2 Å². The van der Waals surface area contributed by atoms with Gasteiger partial charge in [-0.15, -0.1) is 0 Å². The summed E-state index contributed by atoms with van der Waals surface area (Å²) in [5.41, 5.74) is 5.26. The molecule has 0 aromatic heterocycles. The minimum absolute atomic E-state index is 0.107. The number of nitrogens with two attached hydrogens (primary N) is 1. The monoisotopic (exact) mass is 215 g/mol. The topological polar surface area (TPSA) is 96.9 Å². The van der Waals surface area contributed by atoms with Gasteiger partial charge in [-0.1, -0.05) is 12.1 Å². The number of nitrogens with zero attached hydrogens (tertiary/aromatic N) is 1. The predicted molar refractivity (Wildman–Crippen MR) is 54.6 cm³/mol. The number of oxime groups is 1. The van der Waals surface area contributed by atoms with Crippen molar-refractivity contribution in [3.05, 3.63) is 0 Å². The molecule has 1 fully saturated rings. The second kappa shape index (κ2) is 5.55. The van der Waals surface area contributed by atoms with E-state index in [4.69, 9.17) is 15.7 Å². The average molecular weight is 215 g/mol. The largest absolute Gasteiger partial charge is 0.409 e. The van der Waals surface area contributed by atoms with Crippen molar-refractivity contribution >= 4 is 11.7 Å². The van der Waals surface area contributed by atoms with Crippen molar-refractivity contribution in [3.8, 4) is 0 Å². The number of ether oxygens (including phenoxy) is 1. The van der Waals surface area contributed by atoms with Crippen LogP contribution in [0.15, 0.2) is 5.16 Å². The molecule has 1 aliphatic heterocycles. The summed E-state index contributed by atoms with van der Waals surface area (Å²) < 4.78 is 5.29. The van der Waals surface area contributed by atoms with Gasteiger partial charge >= 0.3 is 0 Å². The van der Waals surface area contributed by atoms with Crippen molar-refractivity contribution in [1.82, 2.24) is 5.32 Å². The first-order valence-electron chi connectivity index (χ1n) is 5.01. The molecular weight excluding hydrogens is 198 g/mol. The molecule has 6 nitrogen and oxygen atoms in total. The standard InChI is InChI=1S/C9H17N3O3/c1-6-3-5-15-8(6)9(13)11-4-2-7(10)12-14/h6,8,14H,2-5H2,1H3,(H2,10,12)(H,11,13). The van der Waals surface area contributed by atoms with Gasteiger partial charge in [-0.3, -0.25) is 4.79 Å². The van der Waals surface area contributed by atoms with E-state index in [9.17, 15) is 4.79 Å². The Kier molecular flexibility index (Phi) is 4.36. The van der Waals surface area contributed by atoms with Gasteiger partial charge in [-0.25, -0.2) is 0 Å². The second-order valence-corrected chi connectivity index (χ2v) is 3.69. The van der Waals surface area contributed by atoms with Crippen molar-refractivity contribution in [3.63, 3.8) is 0 Å². The van der Waals surface area contributed by atoms with Crippen LogP contribution in [0, 0.1) is 5.92 Å². The van der Waals surface area contributed by atoms with Crippen molar-refractivity contribution < 1.29 is 14.7 Å². The van der Waals surface area contributed by atoms with E-state index in [1.54, 1.807) is 0 Å². The molecule has 0 aromatic carbocycles. The summed E-state index contributed by atoms with van der Waals surface area (Å²) >= 11 is 0. The fourth-order valence-corrected chi connectivity index (χ4v) is 1.50. The molecule has 2 unspecified atom stereocenters.